The average Bonchev–Trinajstić information content (AvgIpc) is 2.39. The first-order valence-corrected chi connectivity index (χ1v) is 8.49. The maximum absolute atomic E-state index is 11.6. The largest absolute Gasteiger partial charge is 0.466 e. The number of aliphatic hydroxyl groups excluding tert-OH is 1. The van der Waals surface area contributed by atoms with Crippen LogP contribution in [0, 0.1) is 11.8 Å². The van der Waals surface area contributed by atoms with Gasteiger partial charge in [-0.05, 0) is 12.8 Å². The van der Waals surface area contributed by atoms with Gasteiger partial charge in [0.2, 0.25) is 6.35 Å². The summed E-state index contributed by atoms with van der Waals surface area (Å²) in [5, 5.41) is 8.92. The van der Waals surface area contributed by atoms with E-state index in [0.29, 0.717) is 25.1 Å². The Bertz CT molecular complexity index is 274. The number of aliphatic hydroxyl groups is 1. The van der Waals surface area contributed by atoms with Crippen LogP contribution in [0.25, 0.3) is 0 Å². The van der Waals surface area contributed by atoms with Crippen molar-refractivity contribution < 1.29 is 19.2 Å². The minimum atomic E-state index is -1.58. The second-order valence-corrected chi connectivity index (χ2v) is 6.58. The molecule has 0 bridgehead atoms. The van der Waals surface area contributed by atoms with Crippen LogP contribution >= 0.6 is 7.80 Å². The summed E-state index contributed by atoms with van der Waals surface area (Å²) < 4.78 is 16.5. The van der Waals surface area contributed by atoms with Gasteiger partial charge < -0.3 is 9.84 Å². The van der Waals surface area contributed by atoms with E-state index in [-0.39, 0.29) is 18.2 Å². The van der Waals surface area contributed by atoms with Gasteiger partial charge in [0.15, 0.2) is 6.16 Å². The normalized spacial score (nSPS) is 19.3. The molecule has 2 unspecified atom stereocenters. The van der Waals surface area contributed by atoms with Gasteiger partial charge in [-0.1, -0.05) is 36.7 Å². The number of hydrogen-bond donors (Lipinski definition) is 1. The zero-order valence-electron chi connectivity index (χ0n) is 11.1. The number of rotatable bonds is 7. The minimum Gasteiger partial charge on any atom is -0.466 e. The smallest absolute Gasteiger partial charge is 0.367 e. The predicted octanol–water partition coefficient (Wildman–Crippen LogP) is 2.91. The molecule has 0 spiro atoms. The molecule has 104 valence electrons. The lowest BCUT2D eigenvalue weighted by molar-refractivity contribution is -0.144. The van der Waals surface area contributed by atoms with E-state index in [1.165, 1.54) is 19.3 Å². The van der Waals surface area contributed by atoms with Crippen LogP contribution in [0.4, 0.5) is 0 Å². The second-order valence-electron chi connectivity index (χ2n) is 4.97. The maximum atomic E-state index is 11.6. The molecule has 2 atom stereocenters. The summed E-state index contributed by atoms with van der Waals surface area (Å²) in [6, 6.07) is 0. The van der Waals surface area contributed by atoms with Crippen molar-refractivity contribution >= 4 is 13.8 Å². The van der Waals surface area contributed by atoms with Crippen LogP contribution in [-0.4, -0.2) is 30.2 Å². The average molecular weight is 275 g/mol. The standard InChI is InChI=1S/C13H24O4P/c1-2-17-13(15)8-12(9-18(16)10-14)11-6-4-3-5-7-11/h11-12,14H,2-10H2,1H3/q+1. The van der Waals surface area contributed by atoms with Crippen molar-refractivity contribution in [3.8, 4) is 0 Å². The zero-order valence-corrected chi connectivity index (χ0v) is 12.0. The molecule has 0 radical (unpaired) electrons. The van der Waals surface area contributed by atoms with Crippen LogP contribution in [0.15, 0.2) is 0 Å². The molecule has 0 amide bonds. The van der Waals surface area contributed by atoms with Crippen molar-refractivity contribution in [3.63, 3.8) is 0 Å². The van der Waals surface area contributed by atoms with E-state index in [9.17, 15) is 9.36 Å². The number of esters is 1. The molecule has 1 fully saturated rings. The SMILES string of the molecule is CCOC(=O)CC(C[P+](=O)CO)C1CCCCC1. The molecule has 0 aromatic rings. The Morgan fingerprint density at radius 2 is 2.06 bits per heavy atom. The monoisotopic (exact) mass is 275 g/mol. The van der Waals surface area contributed by atoms with E-state index >= 15 is 0 Å². The van der Waals surface area contributed by atoms with Crippen molar-refractivity contribution in [2.45, 2.75) is 45.4 Å². The van der Waals surface area contributed by atoms with Gasteiger partial charge in [0, 0.05) is 5.92 Å². The third-order valence-corrected chi connectivity index (χ3v) is 4.84. The summed E-state index contributed by atoms with van der Waals surface area (Å²) >= 11 is 0. The summed E-state index contributed by atoms with van der Waals surface area (Å²) in [7, 11) is -1.58. The number of carbonyl (C=O) groups is 1. The van der Waals surface area contributed by atoms with Gasteiger partial charge in [0.05, 0.1) is 13.0 Å². The van der Waals surface area contributed by atoms with Crippen molar-refractivity contribution in [1.29, 1.82) is 0 Å². The molecule has 0 aliphatic heterocycles. The topological polar surface area (TPSA) is 63.6 Å². The van der Waals surface area contributed by atoms with Crippen molar-refractivity contribution in [1.82, 2.24) is 0 Å². The molecule has 1 saturated carbocycles. The molecular formula is C13H24O4P+. The minimum absolute atomic E-state index is 0.111. The quantitative estimate of drug-likeness (QED) is 0.573. The number of carbonyl (C=O) groups excluding carboxylic acids is 1. The first-order chi connectivity index (χ1) is 8.67. The first-order valence-electron chi connectivity index (χ1n) is 6.86. The van der Waals surface area contributed by atoms with E-state index in [2.05, 4.69) is 0 Å². The summed E-state index contributed by atoms with van der Waals surface area (Å²) in [6.45, 7) is 2.18. The molecule has 1 aliphatic rings. The highest BCUT2D eigenvalue weighted by Crippen LogP contribution is 2.36. The van der Waals surface area contributed by atoms with Gasteiger partial charge in [0.1, 0.15) is 0 Å². The van der Waals surface area contributed by atoms with Crippen molar-refractivity contribution in [2.75, 3.05) is 19.1 Å². The molecule has 4 nitrogen and oxygen atoms in total. The fraction of sp³-hybridized carbons (Fsp3) is 0.923. The summed E-state index contributed by atoms with van der Waals surface area (Å²) in [5.41, 5.74) is 0. The maximum Gasteiger partial charge on any atom is 0.367 e. The first kappa shape index (κ1) is 15.6. The molecular weight excluding hydrogens is 251 g/mol. The lowest BCUT2D eigenvalue weighted by atomic mass is 9.79. The predicted molar refractivity (Wildman–Crippen MR) is 70.9 cm³/mol. The van der Waals surface area contributed by atoms with Gasteiger partial charge in [-0.25, -0.2) is 0 Å². The van der Waals surface area contributed by atoms with E-state index < -0.39 is 7.80 Å². The third-order valence-electron chi connectivity index (χ3n) is 3.65. The van der Waals surface area contributed by atoms with E-state index in [0.717, 1.165) is 12.8 Å². The van der Waals surface area contributed by atoms with Crippen LogP contribution < -0.4 is 0 Å². The lowest BCUT2D eigenvalue weighted by Gasteiger charge is -2.27. The third kappa shape index (κ3) is 5.45. The highest BCUT2D eigenvalue weighted by atomic mass is 31.1. The number of hydrogen-bond acceptors (Lipinski definition) is 4. The molecule has 0 saturated heterocycles. The van der Waals surface area contributed by atoms with Crippen molar-refractivity contribution in [2.24, 2.45) is 11.8 Å². The van der Waals surface area contributed by atoms with Gasteiger partial charge in [-0.15, -0.1) is 0 Å². The Labute approximate surface area is 110 Å². The van der Waals surface area contributed by atoms with E-state index in [4.69, 9.17) is 9.84 Å². The van der Waals surface area contributed by atoms with Crippen LogP contribution in [0.1, 0.15) is 45.4 Å². The Hall–Kier alpha value is -0.470. The molecule has 1 rings (SSSR count). The summed E-state index contributed by atoms with van der Waals surface area (Å²) in [6.07, 6.45) is 6.39. The lowest BCUT2D eigenvalue weighted by Crippen LogP contribution is -2.24. The zero-order chi connectivity index (χ0) is 13.4. The van der Waals surface area contributed by atoms with Crippen molar-refractivity contribution in [3.05, 3.63) is 0 Å². The Morgan fingerprint density at radius 3 is 2.61 bits per heavy atom. The Kier molecular flexibility index (Phi) is 7.45. The van der Waals surface area contributed by atoms with Crippen LogP contribution in [0.2, 0.25) is 0 Å². The van der Waals surface area contributed by atoms with Crippen LogP contribution in [0.5, 0.6) is 0 Å². The fourth-order valence-corrected chi connectivity index (χ4v) is 3.80. The van der Waals surface area contributed by atoms with Crippen LogP contribution in [-0.2, 0) is 14.1 Å². The summed E-state index contributed by atoms with van der Waals surface area (Å²) in [5.74, 6) is 0.378. The van der Waals surface area contributed by atoms with Crippen LogP contribution in [0.3, 0.4) is 0 Å². The molecule has 0 heterocycles. The van der Waals surface area contributed by atoms with Gasteiger partial charge >= 0.3 is 13.8 Å². The summed E-state index contributed by atoms with van der Waals surface area (Å²) in [4.78, 5) is 11.6. The fourth-order valence-electron chi connectivity index (χ4n) is 2.74. The van der Waals surface area contributed by atoms with E-state index in [1.807, 2.05) is 0 Å². The highest BCUT2D eigenvalue weighted by molar-refractivity contribution is 7.44. The van der Waals surface area contributed by atoms with Gasteiger partial charge in [-0.3, -0.25) is 4.79 Å². The molecule has 1 N–H and O–H groups in total. The highest BCUT2D eigenvalue weighted by Gasteiger charge is 2.32. The second kappa shape index (κ2) is 8.60. The number of ether oxygens (including phenoxy) is 1. The Morgan fingerprint density at radius 1 is 1.39 bits per heavy atom. The van der Waals surface area contributed by atoms with Gasteiger partial charge in [-0.2, -0.15) is 0 Å². The van der Waals surface area contributed by atoms with E-state index in [1.54, 1.807) is 6.92 Å². The molecule has 0 aromatic heterocycles. The molecule has 1 aliphatic carbocycles. The molecule has 5 heteroatoms. The molecule has 0 aromatic carbocycles. The van der Waals surface area contributed by atoms with Gasteiger partial charge in [0.25, 0.3) is 0 Å². The molecule has 18 heavy (non-hydrogen) atoms. The Balaban J connectivity index is 2.55.